The van der Waals surface area contributed by atoms with Crippen LogP contribution in [-0.2, 0) is 10.5 Å². The highest BCUT2D eigenvalue weighted by atomic mass is 32.2. The van der Waals surface area contributed by atoms with Crippen molar-refractivity contribution in [3.8, 4) is 0 Å². The molecule has 1 rings (SSSR count). The summed E-state index contributed by atoms with van der Waals surface area (Å²) in [5, 5.41) is 17.1. The standard InChI is InChI=1S/C11H12O4S/c1-7(10(12)13)16-6-8-4-2-3-5-9(8)11(14)15/h2-5,7H,6H2,1H3,(H,12,13)(H,14,15). The molecule has 0 amide bonds. The molecule has 0 aliphatic rings. The molecule has 1 aromatic rings. The lowest BCUT2D eigenvalue weighted by atomic mass is 10.1. The van der Waals surface area contributed by atoms with Gasteiger partial charge in [-0.15, -0.1) is 11.8 Å². The van der Waals surface area contributed by atoms with E-state index in [4.69, 9.17) is 10.2 Å². The van der Waals surface area contributed by atoms with Crippen LogP contribution >= 0.6 is 11.8 Å². The van der Waals surface area contributed by atoms with Gasteiger partial charge in [0.05, 0.1) is 10.8 Å². The lowest BCUT2D eigenvalue weighted by Gasteiger charge is -2.08. The zero-order chi connectivity index (χ0) is 12.1. The number of carboxylic acids is 2. The highest BCUT2D eigenvalue weighted by Crippen LogP contribution is 2.20. The summed E-state index contributed by atoms with van der Waals surface area (Å²) < 4.78 is 0. The Bertz CT molecular complexity index is 403. The Morgan fingerprint density at radius 1 is 1.31 bits per heavy atom. The molecule has 1 unspecified atom stereocenters. The summed E-state index contributed by atoms with van der Waals surface area (Å²) in [6.07, 6.45) is 0. The largest absolute Gasteiger partial charge is 0.480 e. The second kappa shape index (κ2) is 5.55. The Morgan fingerprint density at radius 2 is 1.94 bits per heavy atom. The van der Waals surface area contributed by atoms with E-state index in [0.717, 1.165) is 0 Å². The van der Waals surface area contributed by atoms with E-state index in [0.29, 0.717) is 11.3 Å². The monoisotopic (exact) mass is 240 g/mol. The molecule has 0 radical (unpaired) electrons. The molecule has 0 saturated heterocycles. The van der Waals surface area contributed by atoms with Gasteiger partial charge in [-0.25, -0.2) is 4.79 Å². The predicted octanol–water partition coefficient (Wildman–Crippen LogP) is 2.09. The third-order valence-electron chi connectivity index (χ3n) is 2.08. The van der Waals surface area contributed by atoms with E-state index in [9.17, 15) is 9.59 Å². The highest BCUT2D eigenvalue weighted by Gasteiger charge is 2.14. The van der Waals surface area contributed by atoms with Crippen LogP contribution in [0.4, 0.5) is 0 Å². The van der Waals surface area contributed by atoms with Crippen molar-refractivity contribution in [3.63, 3.8) is 0 Å². The van der Waals surface area contributed by atoms with Crippen LogP contribution in [0.3, 0.4) is 0 Å². The topological polar surface area (TPSA) is 74.6 Å². The second-order valence-electron chi connectivity index (χ2n) is 3.25. The third-order valence-corrected chi connectivity index (χ3v) is 3.26. The molecule has 1 atom stereocenters. The number of hydrogen-bond donors (Lipinski definition) is 2. The van der Waals surface area contributed by atoms with Crippen molar-refractivity contribution in [2.75, 3.05) is 0 Å². The van der Waals surface area contributed by atoms with Gasteiger partial charge >= 0.3 is 11.9 Å². The number of aliphatic carboxylic acids is 1. The number of thioether (sulfide) groups is 1. The first-order chi connectivity index (χ1) is 7.52. The SMILES string of the molecule is CC(SCc1ccccc1C(=O)O)C(=O)O. The highest BCUT2D eigenvalue weighted by molar-refractivity contribution is 7.99. The molecule has 0 spiro atoms. The zero-order valence-corrected chi connectivity index (χ0v) is 9.53. The van der Waals surface area contributed by atoms with Gasteiger partial charge in [0.2, 0.25) is 0 Å². The summed E-state index contributed by atoms with van der Waals surface area (Å²) in [6.45, 7) is 1.58. The van der Waals surface area contributed by atoms with E-state index in [-0.39, 0.29) is 5.56 Å². The van der Waals surface area contributed by atoms with Crippen LogP contribution in [0, 0.1) is 0 Å². The molecule has 4 nitrogen and oxygen atoms in total. The normalized spacial score (nSPS) is 12.1. The first-order valence-electron chi connectivity index (χ1n) is 4.68. The van der Waals surface area contributed by atoms with Gasteiger partial charge in [0.15, 0.2) is 0 Å². The van der Waals surface area contributed by atoms with E-state index in [1.54, 1.807) is 25.1 Å². The maximum absolute atomic E-state index is 10.9. The summed E-state index contributed by atoms with van der Waals surface area (Å²) in [4.78, 5) is 21.5. The van der Waals surface area contributed by atoms with Crippen molar-refractivity contribution in [1.82, 2.24) is 0 Å². The van der Waals surface area contributed by atoms with Crippen LogP contribution in [0.1, 0.15) is 22.8 Å². The molecule has 16 heavy (non-hydrogen) atoms. The Labute approximate surface area is 97.3 Å². The molecule has 0 heterocycles. The summed E-state index contributed by atoms with van der Waals surface area (Å²) in [6, 6.07) is 6.61. The first kappa shape index (κ1) is 12.6. The van der Waals surface area contributed by atoms with Crippen molar-refractivity contribution in [3.05, 3.63) is 35.4 Å². The Kier molecular flexibility index (Phi) is 4.37. The summed E-state index contributed by atoms with van der Waals surface area (Å²) in [7, 11) is 0. The van der Waals surface area contributed by atoms with Gasteiger partial charge in [0.1, 0.15) is 0 Å². The van der Waals surface area contributed by atoms with E-state index >= 15 is 0 Å². The van der Waals surface area contributed by atoms with Crippen LogP contribution in [0.5, 0.6) is 0 Å². The lowest BCUT2D eigenvalue weighted by molar-refractivity contribution is -0.136. The van der Waals surface area contributed by atoms with E-state index in [1.807, 2.05) is 0 Å². The molecule has 0 aromatic heterocycles. The van der Waals surface area contributed by atoms with Crippen molar-refractivity contribution < 1.29 is 19.8 Å². The predicted molar refractivity (Wildman–Crippen MR) is 61.8 cm³/mol. The fraction of sp³-hybridized carbons (Fsp3) is 0.273. The Hall–Kier alpha value is -1.49. The minimum absolute atomic E-state index is 0.229. The lowest BCUT2D eigenvalue weighted by Crippen LogP contribution is -2.12. The van der Waals surface area contributed by atoms with Crippen LogP contribution in [0.2, 0.25) is 0 Å². The summed E-state index contributed by atoms with van der Waals surface area (Å²) >= 11 is 1.21. The summed E-state index contributed by atoms with van der Waals surface area (Å²) in [5.41, 5.74) is 0.876. The van der Waals surface area contributed by atoms with Crippen LogP contribution in [-0.4, -0.2) is 27.4 Å². The van der Waals surface area contributed by atoms with E-state index in [1.165, 1.54) is 17.8 Å². The minimum atomic E-state index is -0.987. The average Bonchev–Trinajstić information content (AvgIpc) is 2.25. The molecule has 1 aromatic carbocycles. The molecular formula is C11H12O4S. The van der Waals surface area contributed by atoms with Gasteiger partial charge in [-0.05, 0) is 18.6 Å². The molecule has 0 aliphatic heterocycles. The number of carbonyl (C=O) groups is 2. The fourth-order valence-electron chi connectivity index (χ4n) is 1.14. The molecule has 5 heteroatoms. The number of benzene rings is 1. The Balaban J connectivity index is 2.74. The average molecular weight is 240 g/mol. The van der Waals surface area contributed by atoms with Gasteiger partial charge in [0.25, 0.3) is 0 Å². The fourth-order valence-corrected chi connectivity index (χ4v) is 1.96. The number of hydrogen-bond acceptors (Lipinski definition) is 3. The van der Waals surface area contributed by atoms with Crippen LogP contribution in [0.15, 0.2) is 24.3 Å². The van der Waals surface area contributed by atoms with Crippen molar-refractivity contribution in [2.45, 2.75) is 17.9 Å². The summed E-state index contributed by atoms with van der Waals surface area (Å²) in [5.74, 6) is -1.49. The minimum Gasteiger partial charge on any atom is -0.480 e. The van der Waals surface area contributed by atoms with Gasteiger partial charge in [-0.1, -0.05) is 18.2 Å². The maximum Gasteiger partial charge on any atom is 0.335 e. The number of carboxylic acid groups (broad SMARTS) is 2. The first-order valence-corrected chi connectivity index (χ1v) is 5.73. The second-order valence-corrected chi connectivity index (χ2v) is 4.58. The van der Waals surface area contributed by atoms with Crippen molar-refractivity contribution in [2.24, 2.45) is 0 Å². The zero-order valence-electron chi connectivity index (χ0n) is 8.71. The van der Waals surface area contributed by atoms with Gasteiger partial charge in [-0.3, -0.25) is 4.79 Å². The molecule has 86 valence electrons. The number of rotatable bonds is 5. The molecule has 0 fully saturated rings. The quantitative estimate of drug-likeness (QED) is 0.824. The van der Waals surface area contributed by atoms with E-state index < -0.39 is 17.2 Å². The molecule has 0 saturated carbocycles. The third kappa shape index (κ3) is 3.27. The maximum atomic E-state index is 10.9. The molecule has 0 aliphatic carbocycles. The Morgan fingerprint density at radius 3 is 2.50 bits per heavy atom. The van der Waals surface area contributed by atoms with Gasteiger partial charge < -0.3 is 10.2 Å². The van der Waals surface area contributed by atoms with Crippen LogP contribution in [0.25, 0.3) is 0 Å². The van der Waals surface area contributed by atoms with Crippen molar-refractivity contribution in [1.29, 1.82) is 0 Å². The molecular weight excluding hydrogens is 228 g/mol. The smallest absolute Gasteiger partial charge is 0.335 e. The number of aromatic carboxylic acids is 1. The van der Waals surface area contributed by atoms with Gasteiger partial charge in [0, 0.05) is 5.75 Å². The van der Waals surface area contributed by atoms with E-state index in [2.05, 4.69) is 0 Å². The van der Waals surface area contributed by atoms with Crippen LogP contribution < -0.4 is 0 Å². The molecule has 2 N–H and O–H groups in total. The van der Waals surface area contributed by atoms with Crippen molar-refractivity contribution >= 4 is 23.7 Å². The van der Waals surface area contributed by atoms with Gasteiger partial charge in [-0.2, -0.15) is 0 Å². The molecule has 0 bridgehead atoms.